The van der Waals surface area contributed by atoms with Crippen LogP contribution in [-0.4, -0.2) is 34.7 Å². The summed E-state index contributed by atoms with van der Waals surface area (Å²) in [6.45, 7) is 2.03. The Morgan fingerprint density at radius 1 is 1.03 bits per heavy atom. The molecule has 1 aliphatic carbocycles. The van der Waals surface area contributed by atoms with Crippen molar-refractivity contribution in [2.75, 3.05) is 15.5 Å². The summed E-state index contributed by atoms with van der Waals surface area (Å²) in [4.78, 5) is 20.3. The number of benzene rings is 2. The number of anilines is 4. The highest BCUT2D eigenvalue weighted by Gasteiger charge is 2.19. The number of carboxylic acids is 1. The van der Waals surface area contributed by atoms with Gasteiger partial charge in [-0.05, 0) is 54.8 Å². The SMILES string of the molecule is CC1C=c2nc(Nc3cccc(C(=O)O)c3)c(NS(=O)(=O)c3ccc(NO)cc3)nc2=CC1. The smallest absolute Gasteiger partial charge is 0.335 e. The number of nitrogens with one attached hydrogen (secondary N) is 3. The Balaban J connectivity index is 1.77. The second kappa shape index (κ2) is 8.88. The molecule has 2 aromatic carbocycles. The number of aromatic nitrogens is 2. The average Bonchev–Trinajstić information content (AvgIpc) is 2.79. The van der Waals surface area contributed by atoms with Crippen molar-refractivity contribution in [3.63, 3.8) is 0 Å². The Morgan fingerprint density at radius 3 is 2.45 bits per heavy atom. The molecule has 0 amide bonds. The Labute approximate surface area is 189 Å². The predicted octanol–water partition coefficient (Wildman–Crippen LogP) is 2.12. The van der Waals surface area contributed by atoms with Gasteiger partial charge in [0.15, 0.2) is 11.6 Å². The molecule has 1 aliphatic rings. The van der Waals surface area contributed by atoms with E-state index in [-0.39, 0.29) is 28.0 Å². The van der Waals surface area contributed by atoms with E-state index in [1.807, 2.05) is 24.6 Å². The molecule has 0 saturated heterocycles. The zero-order valence-corrected chi connectivity index (χ0v) is 18.3. The number of carboxylic acid groups (broad SMARTS) is 1. The van der Waals surface area contributed by atoms with E-state index in [0.29, 0.717) is 22.1 Å². The van der Waals surface area contributed by atoms with Crippen LogP contribution in [0.3, 0.4) is 0 Å². The van der Waals surface area contributed by atoms with Crippen LogP contribution in [0.1, 0.15) is 23.7 Å². The molecule has 0 fully saturated rings. The minimum atomic E-state index is -4.03. The molecule has 170 valence electrons. The third-order valence-electron chi connectivity index (χ3n) is 4.97. The lowest BCUT2D eigenvalue weighted by atomic mass is 10.0. The zero-order valence-electron chi connectivity index (χ0n) is 17.5. The van der Waals surface area contributed by atoms with E-state index in [2.05, 4.69) is 20.0 Å². The third kappa shape index (κ3) is 4.94. The first kappa shape index (κ1) is 22.2. The Kier molecular flexibility index (Phi) is 5.99. The molecule has 5 N–H and O–H groups in total. The van der Waals surface area contributed by atoms with Crippen molar-refractivity contribution in [3.05, 3.63) is 64.8 Å². The molecule has 1 unspecified atom stereocenters. The van der Waals surface area contributed by atoms with Gasteiger partial charge in [-0.3, -0.25) is 15.4 Å². The van der Waals surface area contributed by atoms with Crippen LogP contribution in [0.2, 0.25) is 0 Å². The number of sulfonamides is 1. The molecule has 0 aliphatic heterocycles. The Hall–Kier alpha value is -3.96. The summed E-state index contributed by atoms with van der Waals surface area (Å²) in [6, 6.07) is 11.6. The second-order valence-electron chi connectivity index (χ2n) is 7.53. The van der Waals surface area contributed by atoms with E-state index >= 15 is 0 Å². The molecule has 1 atom stereocenters. The van der Waals surface area contributed by atoms with Crippen molar-refractivity contribution in [3.8, 4) is 0 Å². The van der Waals surface area contributed by atoms with Gasteiger partial charge in [0.1, 0.15) is 0 Å². The molecule has 11 heteroatoms. The molecule has 0 spiro atoms. The summed E-state index contributed by atoms with van der Waals surface area (Å²) in [5.41, 5.74) is 2.76. The van der Waals surface area contributed by atoms with Crippen LogP contribution in [-0.2, 0) is 10.0 Å². The van der Waals surface area contributed by atoms with Gasteiger partial charge < -0.3 is 10.4 Å². The lowest BCUT2D eigenvalue weighted by Gasteiger charge is -2.15. The fourth-order valence-electron chi connectivity index (χ4n) is 3.29. The molecule has 33 heavy (non-hydrogen) atoms. The third-order valence-corrected chi connectivity index (χ3v) is 6.33. The topological polar surface area (TPSA) is 154 Å². The number of hydrogen-bond acceptors (Lipinski definition) is 8. The lowest BCUT2D eigenvalue weighted by molar-refractivity contribution is 0.0697. The first-order valence-corrected chi connectivity index (χ1v) is 11.5. The average molecular weight is 468 g/mol. The summed E-state index contributed by atoms with van der Waals surface area (Å²) in [5.74, 6) is -0.741. The Morgan fingerprint density at radius 2 is 1.76 bits per heavy atom. The van der Waals surface area contributed by atoms with Gasteiger partial charge in [0, 0.05) is 5.69 Å². The molecule has 1 aromatic heterocycles. The number of hydrogen-bond donors (Lipinski definition) is 5. The van der Waals surface area contributed by atoms with Crippen LogP contribution in [0.4, 0.5) is 23.0 Å². The van der Waals surface area contributed by atoms with Crippen molar-refractivity contribution >= 4 is 51.2 Å². The monoisotopic (exact) mass is 467 g/mol. The number of aromatic carboxylic acids is 1. The van der Waals surface area contributed by atoms with E-state index in [9.17, 15) is 18.3 Å². The second-order valence-corrected chi connectivity index (χ2v) is 9.21. The van der Waals surface area contributed by atoms with Crippen LogP contribution in [0, 0.1) is 5.92 Å². The van der Waals surface area contributed by atoms with Gasteiger partial charge in [-0.2, -0.15) is 0 Å². The minimum Gasteiger partial charge on any atom is -0.478 e. The summed E-state index contributed by atoms with van der Waals surface area (Å²) >= 11 is 0. The zero-order chi connectivity index (χ0) is 23.6. The van der Waals surface area contributed by atoms with Crippen LogP contribution < -0.4 is 26.2 Å². The van der Waals surface area contributed by atoms with E-state index in [0.717, 1.165) is 6.42 Å². The molecule has 3 aromatic rings. The van der Waals surface area contributed by atoms with E-state index < -0.39 is 16.0 Å². The van der Waals surface area contributed by atoms with Crippen LogP contribution in [0.5, 0.6) is 0 Å². The van der Waals surface area contributed by atoms with Crippen molar-refractivity contribution in [1.82, 2.24) is 9.97 Å². The summed E-state index contributed by atoms with van der Waals surface area (Å²) in [5, 5.41) is 22.3. The van der Waals surface area contributed by atoms with E-state index in [1.165, 1.54) is 36.4 Å². The van der Waals surface area contributed by atoms with Gasteiger partial charge in [0.25, 0.3) is 10.0 Å². The normalized spacial score (nSPS) is 14.9. The fraction of sp³-hybridized carbons (Fsp3) is 0.136. The standard InChI is InChI=1S/C22H21N5O5S/c1-13-5-10-18-19(11-13)25-20(23-16-4-2-3-14(12-16)22(28)29)21(24-18)27-33(31,32)17-8-6-15(26-30)7-9-17/h2-4,6-13,26,30H,5H2,1H3,(H,23,25)(H,24,27)(H,28,29). The van der Waals surface area contributed by atoms with Gasteiger partial charge in [0.2, 0.25) is 0 Å². The highest BCUT2D eigenvalue weighted by atomic mass is 32.2. The quantitative estimate of drug-likeness (QED) is 0.329. The first-order valence-electron chi connectivity index (χ1n) is 9.98. The maximum atomic E-state index is 13.0. The fourth-order valence-corrected chi connectivity index (χ4v) is 4.30. The molecular formula is C22H21N5O5S. The molecule has 1 heterocycles. The molecule has 0 saturated carbocycles. The predicted molar refractivity (Wildman–Crippen MR) is 123 cm³/mol. The number of nitrogens with zero attached hydrogens (tertiary/aromatic N) is 2. The Bertz CT molecular complexity index is 1440. The van der Waals surface area contributed by atoms with Crippen molar-refractivity contribution in [2.45, 2.75) is 18.2 Å². The largest absolute Gasteiger partial charge is 0.478 e. The lowest BCUT2D eigenvalue weighted by Crippen LogP contribution is -2.36. The van der Waals surface area contributed by atoms with Crippen LogP contribution in [0.25, 0.3) is 12.2 Å². The van der Waals surface area contributed by atoms with Crippen molar-refractivity contribution in [2.24, 2.45) is 5.92 Å². The van der Waals surface area contributed by atoms with Gasteiger partial charge >= 0.3 is 5.97 Å². The van der Waals surface area contributed by atoms with Gasteiger partial charge in [-0.1, -0.05) is 25.1 Å². The summed E-state index contributed by atoms with van der Waals surface area (Å²) in [6.07, 6.45) is 4.58. The molecule has 4 rings (SSSR count). The molecule has 0 radical (unpaired) electrons. The van der Waals surface area contributed by atoms with Gasteiger partial charge in [-0.25, -0.2) is 23.2 Å². The van der Waals surface area contributed by atoms with Crippen molar-refractivity contribution < 1.29 is 23.5 Å². The number of carbonyl (C=O) groups is 1. The van der Waals surface area contributed by atoms with E-state index in [1.54, 1.807) is 12.1 Å². The summed E-state index contributed by atoms with van der Waals surface area (Å²) < 4.78 is 28.4. The highest BCUT2D eigenvalue weighted by Crippen LogP contribution is 2.24. The minimum absolute atomic E-state index is 0.0296. The molecular weight excluding hydrogens is 446 g/mol. The van der Waals surface area contributed by atoms with Gasteiger partial charge in [0.05, 0.1) is 26.8 Å². The maximum absolute atomic E-state index is 13.0. The number of rotatable bonds is 7. The highest BCUT2D eigenvalue weighted by molar-refractivity contribution is 7.92. The first-order chi connectivity index (χ1) is 15.7. The van der Waals surface area contributed by atoms with Crippen molar-refractivity contribution in [1.29, 1.82) is 0 Å². The molecule has 10 nitrogen and oxygen atoms in total. The van der Waals surface area contributed by atoms with Crippen LogP contribution in [0.15, 0.2) is 53.4 Å². The summed E-state index contributed by atoms with van der Waals surface area (Å²) in [7, 11) is -4.03. The van der Waals surface area contributed by atoms with Gasteiger partial charge in [-0.15, -0.1) is 0 Å². The molecule has 0 bridgehead atoms. The maximum Gasteiger partial charge on any atom is 0.335 e. The van der Waals surface area contributed by atoms with E-state index in [4.69, 9.17) is 5.21 Å². The van der Waals surface area contributed by atoms with Crippen LogP contribution >= 0.6 is 0 Å². The number of fused-ring (bicyclic) bond motifs is 1.